The molecule has 2 heterocycles. The van der Waals surface area contributed by atoms with Crippen molar-refractivity contribution in [2.24, 2.45) is 0 Å². The van der Waals surface area contributed by atoms with E-state index in [9.17, 15) is 4.79 Å². The number of fused-ring (bicyclic) bond motifs is 1. The number of carbonyl (C=O) groups excluding carboxylic acids is 1. The Kier molecular flexibility index (Phi) is 3.47. The molecule has 3 rings (SSSR count). The fourth-order valence-corrected chi connectivity index (χ4v) is 3.17. The lowest BCUT2D eigenvalue weighted by Gasteiger charge is -2.02. The van der Waals surface area contributed by atoms with Crippen LogP contribution in [0.4, 0.5) is 0 Å². The van der Waals surface area contributed by atoms with Crippen LogP contribution in [0, 0.1) is 13.8 Å². The van der Waals surface area contributed by atoms with Gasteiger partial charge in [0.1, 0.15) is 0 Å². The summed E-state index contributed by atoms with van der Waals surface area (Å²) in [7, 11) is 0. The topological polar surface area (TPSA) is 57.0 Å². The Hall–Kier alpha value is -2.21. The summed E-state index contributed by atoms with van der Waals surface area (Å²) in [6, 6.07) is 7.76. The molecule has 21 heavy (non-hydrogen) atoms. The second kappa shape index (κ2) is 5.29. The maximum atomic E-state index is 12.0. The number of esters is 1. The highest BCUT2D eigenvalue weighted by Gasteiger charge is 2.19. The van der Waals surface area contributed by atoms with Crippen molar-refractivity contribution in [2.75, 3.05) is 6.61 Å². The fourth-order valence-electron chi connectivity index (χ4n) is 2.16. The van der Waals surface area contributed by atoms with Gasteiger partial charge >= 0.3 is 5.97 Å². The molecule has 0 fully saturated rings. The lowest BCUT2D eigenvalue weighted by Crippen LogP contribution is -2.11. The van der Waals surface area contributed by atoms with E-state index in [0.29, 0.717) is 17.4 Å². The zero-order valence-corrected chi connectivity index (χ0v) is 12.9. The highest BCUT2D eigenvalue weighted by Crippen LogP contribution is 2.27. The third kappa shape index (κ3) is 2.42. The molecule has 1 aromatic carbocycles. The van der Waals surface area contributed by atoms with Crippen molar-refractivity contribution in [3.05, 3.63) is 41.2 Å². The molecule has 0 aliphatic rings. The SMILES string of the molecule is CCOC(=O)c1cc(C)nn1-c1nc2c(C)cccc2s1. The number of aromatic nitrogens is 3. The minimum Gasteiger partial charge on any atom is -0.461 e. The van der Waals surface area contributed by atoms with Gasteiger partial charge in [0.2, 0.25) is 5.13 Å². The van der Waals surface area contributed by atoms with E-state index in [0.717, 1.165) is 21.5 Å². The molecule has 0 saturated carbocycles. The van der Waals surface area contributed by atoms with Gasteiger partial charge in [0.05, 0.1) is 22.5 Å². The molecule has 0 N–H and O–H groups in total. The van der Waals surface area contributed by atoms with E-state index in [4.69, 9.17) is 4.74 Å². The van der Waals surface area contributed by atoms with E-state index in [-0.39, 0.29) is 5.97 Å². The summed E-state index contributed by atoms with van der Waals surface area (Å²) < 4.78 is 7.72. The van der Waals surface area contributed by atoms with Gasteiger partial charge in [-0.3, -0.25) is 0 Å². The van der Waals surface area contributed by atoms with Crippen molar-refractivity contribution in [1.29, 1.82) is 0 Å². The zero-order chi connectivity index (χ0) is 15.0. The van der Waals surface area contributed by atoms with Crippen molar-refractivity contribution in [2.45, 2.75) is 20.8 Å². The lowest BCUT2D eigenvalue weighted by atomic mass is 10.2. The van der Waals surface area contributed by atoms with Crippen LogP contribution < -0.4 is 0 Å². The van der Waals surface area contributed by atoms with Gasteiger partial charge in [0.25, 0.3) is 0 Å². The number of nitrogens with zero attached hydrogens (tertiary/aromatic N) is 3. The van der Waals surface area contributed by atoms with Crippen LogP contribution in [0.1, 0.15) is 28.7 Å². The summed E-state index contributed by atoms with van der Waals surface area (Å²) in [5.41, 5.74) is 3.22. The molecule has 3 aromatic rings. The first-order chi connectivity index (χ1) is 10.1. The van der Waals surface area contributed by atoms with Crippen molar-refractivity contribution >= 4 is 27.5 Å². The molecule has 108 valence electrons. The van der Waals surface area contributed by atoms with Crippen LogP contribution >= 0.6 is 11.3 Å². The first-order valence-electron chi connectivity index (χ1n) is 6.70. The number of carbonyl (C=O) groups is 1. The van der Waals surface area contributed by atoms with Gasteiger partial charge in [-0.2, -0.15) is 9.78 Å². The molecular weight excluding hydrogens is 286 g/mol. The maximum Gasteiger partial charge on any atom is 0.357 e. The summed E-state index contributed by atoms with van der Waals surface area (Å²) >= 11 is 1.51. The second-order valence-corrected chi connectivity index (χ2v) is 5.73. The van der Waals surface area contributed by atoms with E-state index in [1.807, 2.05) is 32.0 Å². The predicted octanol–water partition coefficient (Wildman–Crippen LogP) is 3.28. The Morgan fingerprint density at radius 2 is 2.19 bits per heavy atom. The van der Waals surface area contributed by atoms with Gasteiger partial charge in [0, 0.05) is 0 Å². The number of aryl methyl sites for hydroxylation is 2. The molecule has 6 heteroatoms. The summed E-state index contributed by atoms with van der Waals surface area (Å²) in [5.74, 6) is -0.380. The molecule has 0 saturated heterocycles. The van der Waals surface area contributed by atoms with Crippen molar-refractivity contribution in [3.63, 3.8) is 0 Å². The number of hydrogen-bond acceptors (Lipinski definition) is 5. The molecule has 5 nitrogen and oxygen atoms in total. The van der Waals surface area contributed by atoms with Crippen LogP contribution in [-0.2, 0) is 4.74 Å². The normalized spacial score (nSPS) is 11.0. The average molecular weight is 301 g/mol. The van der Waals surface area contributed by atoms with Crippen LogP contribution in [0.25, 0.3) is 15.3 Å². The number of hydrogen-bond donors (Lipinski definition) is 0. The minimum absolute atomic E-state index is 0.335. The zero-order valence-electron chi connectivity index (χ0n) is 12.1. The summed E-state index contributed by atoms with van der Waals surface area (Å²) in [6.45, 7) is 5.98. The van der Waals surface area contributed by atoms with E-state index in [1.165, 1.54) is 11.3 Å². The van der Waals surface area contributed by atoms with Gasteiger partial charge in [0.15, 0.2) is 5.69 Å². The monoisotopic (exact) mass is 301 g/mol. The Morgan fingerprint density at radius 3 is 2.90 bits per heavy atom. The highest BCUT2D eigenvalue weighted by molar-refractivity contribution is 7.20. The Bertz CT molecular complexity index is 820. The number of rotatable bonds is 3. The van der Waals surface area contributed by atoms with E-state index in [2.05, 4.69) is 10.1 Å². The standard InChI is InChI=1S/C15H15N3O2S/c1-4-20-14(19)11-8-10(3)17-18(11)15-16-13-9(2)6-5-7-12(13)21-15/h5-8H,4H2,1-3H3. The van der Waals surface area contributed by atoms with Crippen LogP contribution in [-0.4, -0.2) is 27.3 Å². The minimum atomic E-state index is -0.380. The Balaban J connectivity index is 2.14. The summed E-state index contributed by atoms with van der Waals surface area (Å²) in [6.07, 6.45) is 0. The molecule has 0 amide bonds. The molecule has 0 spiro atoms. The van der Waals surface area contributed by atoms with Gasteiger partial charge < -0.3 is 4.74 Å². The first kappa shape index (κ1) is 13.8. The van der Waals surface area contributed by atoms with E-state index in [1.54, 1.807) is 17.7 Å². The Labute approximate surface area is 126 Å². The van der Waals surface area contributed by atoms with E-state index >= 15 is 0 Å². The largest absolute Gasteiger partial charge is 0.461 e. The number of ether oxygens (including phenoxy) is 1. The molecular formula is C15H15N3O2S. The molecule has 0 unspecified atom stereocenters. The predicted molar refractivity (Wildman–Crippen MR) is 82.2 cm³/mol. The third-order valence-electron chi connectivity index (χ3n) is 3.11. The summed E-state index contributed by atoms with van der Waals surface area (Å²) in [5, 5.41) is 5.05. The molecule has 2 aromatic heterocycles. The van der Waals surface area contributed by atoms with Gasteiger partial charge in [-0.25, -0.2) is 9.78 Å². The van der Waals surface area contributed by atoms with Crippen LogP contribution in [0.2, 0.25) is 0 Å². The lowest BCUT2D eigenvalue weighted by molar-refractivity contribution is 0.0515. The highest BCUT2D eigenvalue weighted by atomic mass is 32.1. The van der Waals surface area contributed by atoms with Crippen LogP contribution in [0.15, 0.2) is 24.3 Å². The quantitative estimate of drug-likeness (QED) is 0.697. The smallest absolute Gasteiger partial charge is 0.357 e. The third-order valence-corrected chi connectivity index (χ3v) is 4.10. The second-order valence-electron chi connectivity index (χ2n) is 4.72. The fraction of sp³-hybridized carbons (Fsp3) is 0.267. The summed E-state index contributed by atoms with van der Waals surface area (Å²) in [4.78, 5) is 16.6. The average Bonchev–Trinajstić information content (AvgIpc) is 3.03. The van der Waals surface area contributed by atoms with Crippen LogP contribution in [0.3, 0.4) is 0 Å². The van der Waals surface area contributed by atoms with Crippen LogP contribution in [0.5, 0.6) is 0 Å². The van der Waals surface area contributed by atoms with Crippen molar-refractivity contribution in [1.82, 2.24) is 14.8 Å². The molecule has 0 radical (unpaired) electrons. The number of thiazole rings is 1. The van der Waals surface area contributed by atoms with Crippen molar-refractivity contribution in [3.8, 4) is 5.13 Å². The van der Waals surface area contributed by atoms with Gasteiger partial charge in [-0.15, -0.1) is 0 Å². The molecule has 0 aliphatic heterocycles. The molecule has 0 aliphatic carbocycles. The maximum absolute atomic E-state index is 12.0. The van der Waals surface area contributed by atoms with Gasteiger partial charge in [-0.05, 0) is 38.5 Å². The Morgan fingerprint density at radius 1 is 1.38 bits per heavy atom. The van der Waals surface area contributed by atoms with Crippen molar-refractivity contribution < 1.29 is 9.53 Å². The number of para-hydroxylation sites is 1. The molecule has 0 atom stereocenters. The molecule has 0 bridgehead atoms. The first-order valence-corrected chi connectivity index (χ1v) is 7.52. The van der Waals surface area contributed by atoms with E-state index < -0.39 is 0 Å². The van der Waals surface area contributed by atoms with Gasteiger partial charge in [-0.1, -0.05) is 23.5 Å². The number of benzene rings is 1.